The average molecular weight is 374 g/mol. The zero-order valence-electron chi connectivity index (χ0n) is 13.4. The van der Waals surface area contributed by atoms with Gasteiger partial charge in [0.15, 0.2) is 6.10 Å². The standard InChI is InChI=1S/C16H21BrFNO3/c1-9(2)19(10(3)4)15(20)11(5)22-16(21)13-8-12(17)6-7-14(13)18/h6-11H,1-5H3. The lowest BCUT2D eigenvalue weighted by Crippen LogP contribution is -2.47. The molecule has 0 aromatic heterocycles. The van der Waals surface area contributed by atoms with Gasteiger partial charge in [-0.2, -0.15) is 0 Å². The Balaban J connectivity index is 2.87. The molecular formula is C16H21BrFNO3. The van der Waals surface area contributed by atoms with Crippen LogP contribution in [0, 0.1) is 5.82 Å². The van der Waals surface area contributed by atoms with Gasteiger partial charge in [0, 0.05) is 16.6 Å². The highest BCUT2D eigenvalue weighted by molar-refractivity contribution is 9.10. The molecule has 0 aliphatic heterocycles. The molecule has 1 rings (SSSR count). The molecule has 1 aromatic rings. The minimum absolute atomic E-state index is 0.0174. The quantitative estimate of drug-likeness (QED) is 0.737. The number of amides is 1. The van der Waals surface area contributed by atoms with Crippen LogP contribution < -0.4 is 0 Å². The molecule has 0 saturated heterocycles. The smallest absolute Gasteiger partial charge is 0.341 e. The Labute approximate surface area is 138 Å². The summed E-state index contributed by atoms with van der Waals surface area (Å²) < 4.78 is 19.4. The van der Waals surface area contributed by atoms with E-state index in [0.717, 1.165) is 0 Å². The van der Waals surface area contributed by atoms with Gasteiger partial charge in [0.05, 0.1) is 5.56 Å². The summed E-state index contributed by atoms with van der Waals surface area (Å²) in [7, 11) is 0. The van der Waals surface area contributed by atoms with Gasteiger partial charge in [0.2, 0.25) is 0 Å². The molecule has 122 valence electrons. The monoisotopic (exact) mass is 373 g/mol. The van der Waals surface area contributed by atoms with Crippen molar-refractivity contribution in [3.05, 3.63) is 34.1 Å². The Morgan fingerprint density at radius 1 is 1.14 bits per heavy atom. The second-order valence-electron chi connectivity index (χ2n) is 5.60. The Bertz CT molecular complexity index is 552. The van der Waals surface area contributed by atoms with Gasteiger partial charge in [0.25, 0.3) is 5.91 Å². The van der Waals surface area contributed by atoms with Crippen molar-refractivity contribution in [1.82, 2.24) is 4.90 Å². The van der Waals surface area contributed by atoms with Crippen LogP contribution in [0.25, 0.3) is 0 Å². The molecule has 0 saturated carbocycles. The summed E-state index contributed by atoms with van der Waals surface area (Å²) in [6, 6.07) is 3.95. The Hall–Kier alpha value is -1.43. The normalized spacial score (nSPS) is 12.4. The fraction of sp³-hybridized carbons (Fsp3) is 0.500. The fourth-order valence-corrected chi connectivity index (χ4v) is 2.60. The van der Waals surface area contributed by atoms with Crippen molar-refractivity contribution < 1.29 is 18.7 Å². The summed E-state index contributed by atoms with van der Waals surface area (Å²) >= 11 is 3.17. The third kappa shape index (κ3) is 4.53. The zero-order valence-corrected chi connectivity index (χ0v) is 15.0. The molecule has 0 radical (unpaired) electrons. The molecule has 22 heavy (non-hydrogen) atoms. The van der Waals surface area contributed by atoms with Crippen molar-refractivity contribution in [2.75, 3.05) is 0 Å². The maximum atomic E-state index is 13.7. The van der Waals surface area contributed by atoms with Crippen molar-refractivity contribution in [2.24, 2.45) is 0 Å². The van der Waals surface area contributed by atoms with E-state index in [-0.39, 0.29) is 23.6 Å². The molecule has 0 N–H and O–H groups in total. The van der Waals surface area contributed by atoms with Gasteiger partial charge in [-0.25, -0.2) is 9.18 Å². The van der Waals surface area contributed by atoms with E-state index in [1.54, 1.807) is 4.90 Å². The van der Waals surface area contributed by atoms with Gasteiger partial charge in [-0.05, 0) is 52.8 Å². The number of hydrogen-bond donors (Lipinski definition) is 0. The van der Waals surface area contributed by atoms with E-state index in [1.807, 2.05) is 27.7 Å². The zero-order chi connectivity index (χ0) is 17.0. The SMILES string of the molecule is CC(OC(=O)c1cc(Br)ccc1F)C(=O)N(C(C)C)C(C)C. The summed E-state index contributed by atoms with van der Waals surface area (Å²) in [5, 5.41) is 0. The van der Waals surface area contributed by atoms with E-state index in [9.17, 15) is 14.0 Å². The highest BCUT2D eigenvalue weighted by Crippen LogP contribution is 2.18. The molecule has 1 aromatic carbocycles. The number of nitrogens with zero attached hydrogens (tertiary/aromatic N) is 1. The van der Waals surface area contributed by atoms with Crippen molar-refractivity contribution in [3.63, 3.8) is 0 Å². The van der Waals surface area contributed by atoms with Crippen LogP contribution >= 0.6 is 15.9 Å². The summed E-state index contributed by atoms with van der Waals surface area (Å²) in [6.45, 7) is 9.05. The average Bonchev–Trinajstić information content (AvgIpc) is 2.40. The lowest BCUT2D eigenvalue weighted by Gasteiger charge is -2.32. The fourth-order valence-electron chi connectivity index (χ4n) is 2.24. The third-order valence-corrected chi connectivity index (χ3v) is 3.64. The molecule has 6 heteroatoms. The molecule has 0 aliphatic rings. The highest BCUT2D eigenvalue weighted by atomic mass is 79.9. The van der Waals surface area contributed by atoms with Gasteiger partial charge in [0.1, 0.15) is 5.82 Å². The second-order valence-corrected chi connectivity index (χ2v) is 6.52. The molecule has 0 heterocycles. The van der Waals surface area contributed by atoms with E-state index in [1.165, 1.54) is 25.1 Å². The molecule has 1 unspecified atom stereocenters. The Kier molecular flexibility index (Phi) is 6.53. The molecular weight excluding hydrogens is 353 g/mol. The predicted octanol–water partition coefficient (Wildman–Crippen LogP) is 3.78. The molecule has 0 aliphatic carbocycles. The molecule has 0 spiro atoms. The number of esters is 1. The van der Waals surface area contributed by atoms with Gasteiger partial charge in [-0.3, -0.25) is 4.79 Å². The second kappa shape index (κ2) is 7.72. The van der Waals surface area contributed by atoms with E-state index in [0.29, 0.717) is 4.47 Å². The lowest BCUT2D eigenvalue weighted by molar-refractivity contribution is -0.143. The van der Waals surface area contributed by atoms with Crippen LogP contribution in [0.15, 0.2) is 22.7 Å². The molecule has 4 nitrogen and oxygen atoms in total. The predicted molar refractivity (Wildman–Crippen MR) is 86.1 cm³/mol. The minimum Gasteiger partial charge on any atom is -0.449 e. The minimum atomic E-state index is -0.976. The maximum Gasteiger partial charge on any atom is 0.341 e. The number of carbonyl (C=O) groups excluding carboxylic acids is 2. The van der Waals surface area contributed by atoms with Crippen molar-refractivity contribution in [3.8, 4) is 0 Å². The summed E-state index contributed by atoms with van der Waals surface area (Å²) in [5.41, 5.74) is -0.199. The van der Waals surface area contributed by atoms with Gasteiger partial charge < -0.3 is 9.64 Å². The largest absolute Gasteiger partial charge is 0.449 e. The van der Waals surface area contributed by atoms with Crippen molar-refractivity contribution in [2.45, 2.75) is 52.8 Å². The number of halogens is 2. The van der Waals surface area contributed by atoms with E-state index in [2.05, 4.69) is 15.9 Å². The first kappa shape index (κ1) is 18.6. The summed E-state index contributed by atoms with van der Waals surface area (Å²) in [6.07, 6.45) is -0.976. The van der Waals surface area contributed by atoms with Crippen LogP contribution in [0.3, 0.4) is 0 Å². The van der Waals surface area contributed by atoms with Crippen LogP contribution in [-0.2, 0) is 9.53 Å². The topological polar surface area (TPSA) is 46.6 Å². The first-order valence-corrected chi connectivity index (χ1v) is 7.92. The summed E-state index contributed by atoms with van der Waals surface area (Å²) in [5.74, 6) is -1.83. The van der Waals surface area contributed by atoms with Crippen LogP contribution in [-0.4, -0.2) is 35.0 Å². The Morgan fingerprint density at radius 2 is 1.68 bits per heavy atom. The van der Waals surface area contributed by atoms with Crippen molar-refractivity contribution >= 4 is 27.8 Å². The van der Waals surface area contributed by atoms with E-state index < -0.39 is 17.9 Å². The lowest BCUT2D eigenvalue weighted by atomic mass is 10.2. The van der Waals surface area contributed by atoms with Gasteiger partial charge >= 0.3 is 5.97 Å². The van der Waals surface area contributed by atoms with Crippen molar-refractivity contribution in [1.29, 1.82) is 0 Å². The van der Waals surface area contributed by atoms with Crippen LogP contribution in [0.4, 0.5) is 4.39 Å². The van der Waals surface area contributed by atoms with Gasteiger partial charge in [-0.15, -0.1) is 0 Å². The molecule has 0 fully saturated rings. The number of carbonyl (C=O) groups is 2. The highest BCUT2D eigenvalue weighted by Gasteiger charge is 2.28. The van der Waals surface area contributed by atoms with Crippen LogP contribution in [0.5, 0.6) is 0 Å². The van der Waals surface area contributed by atoms with E-state index in [4.69, 9.17) is 4.74 Å². The Morgan fingerprint density at radius 3 is 2.18 bits per heavy atom. The number of hydrogen-bond acceptors (Lipinski definition) is 3. The summed E-state index contributed by atoms with van der Waals surface area (Å²) in [4.78, 5) is 26.1. The third-order valence-electron chi connectivity index (χ3n) is 3.15. The molecule has 1 atom stereocenters. The number of ether oxygens (including phenoxy) is 1. The molecule has 1 amide bonds. The van der Waals surface area contributed by atoms with Gasteiger partial charge in [-0.1, -0.05) is 15.9 Å². The first-order valence-electron chi connectivity index (χ1n) is 7.13. The number of benzene rings is 1. The van der Waals surface area contributed by atoms with Crippen LogP contribution in [0.2, 0.25) is 0 Å². The molecule has 0 bridgehead atoms. The maximum absolute atomic E-state index is 13.7. The number of rotatable bonds is 5. The van der Waals surface area contributed by atoms with Crippen LogP contribution in [0.1, 0.15) is 45.0 Å². The van der Waals surface area contributed by atoms with E-state index >= 15 is 0 Å². The first-order chi connectivity index (χ1) is 10.1.